The van der Waals surface area contributed by atoms with Gasteiger partial charge >= 0.3 is 0 Å². The summed E-state index contributed by atoms with van der Waals surface area (Å²) < 4.78 is 5.40. The molecule has 0 radical (unpaired) electrons. The monoisotopic (exact) mass is 450 g/mol. The Kier molecular flexibility index (Phi) is 7.04. The molecule has 0 saturated carbocycles. The summed E-state index contributed by atoms with van der Waals surface area (Å²) in [6, 6.07) is 27.7. The molecule has 170 valence electrons. The first-order valence-corrected chi connectivity index (χ1v) is 11.1. The number of hydrogen-bond acceptors (Lipinski definition) is 3. The fourth-order valence-corrected chi connectivity index (χ4v) is 3.80. The lowest BCUT2D eigenvalue weighted by Gasteiger charge is -2.23. The van der Waals surface area contributed by atoms with Crippen LogP contribution in [0.25, 0.3) is 6.08 Å². The topological polar surface area (TPSA) is 71.3 Å². The van der Waals surface area contributed by atoms with Crippen molar-refractivity contribution in [2.24, 2.45) is 0 Å². The van der Waals surface area contributed by atoms with Crippen LogP contribution >= 0.6 is 0 Å². The molecule has 1 atom stereocenters. The van der Waals surface area contributed by atoms with Crippen LogP contribution in [0.3, 0.4) is 0 Å². The van der Waals surface area contributed by atoms with Crippen LogP contribution in [-0.4, -0.2) is 11.8 Å². The maximum absolute atomic E-state index is 13.5. The van der Waals surface area contributed by atoms with E-state index in [9.17, 15) is 9.59 Å². The van der Waals surface area contributed by atoms with Crippen molar-refractivity contribution in [3.63, 3.8) is 0 Å². The summed E-state index contributed by atoms with van der Waals surface area (Å²) in [6.07, 6.45) is 3.04. The second-order valence-corrected chi connectivity index (χ2v) is 8.07. The van der Waals surface area contributed by atoms with Crippen molar-refractivity contribution >= 4 is 17.9 Å². The zero-order valence-corrected chi connectivity index (χ0v) is 19.1. The number of carbonyl (C=O) groups is 2. The molecule has 2 N–H and O–H groups in total. The Morgan fingerprint density at radius 1 is 0.853 bits per heavy atom. The number of aryl methyl sites for hydroxylation is 2. The van der Waals surface area contributed by atoms with Gasteiger partial charge in [-0.15, -0.1) is 0 Å². The van der Waals surface area contributed by atoms with Crippen LogP contribution < -0.4 is 10.6 Å². The molecular weight excluding hydrogens is 424 g/mol. The van der Waals surface area contributed by atoms with E-state index in [1.165, 1.54) is 12.3 Å². The van der Waals surface area contributed by atoms with E-state index in [4.69, 9.17) is 4.42 Å². The lowest BCUT2D eigenvalue weighted by atomic mass is 9.93. The van der Waals surface area contributed by atoms with E-state index in [0.29, 0.717) is 11.3 Å². The van der Waals surface area contributed by atoms with Gasteiger partial charge in [0.15, 0.2) is 0 Å². The highest BCUT2D eigenvalue weighted by Gasteiger charge is 2.22. The fraction of sp³-hybridized carbons (Fsp3) is 0.103. The largest absolute Gasteiger partial charge is 0.465 e. The van der Waals surface area contributed by atoms with Gasteiger partial charge < -0.3 is 15.1 Å². The van der Waals surface area contributed by atoms with Crippen LogP contribution in [0.4, 0.5) is 0 Å². The highest BCUT2D eigenvalue weighted by Crippen LogP contribution is 2.26. The Morgan fingerprint density at radius 3 is 2.21 bits per heavy atom. The predicted molar refractivity (Wildman–Crippen MR) is 133 cm³/mol. The van der Waals surface area contributed by atoms with E-state index in [0.717, 1.165) is 22.3 Å². The Balaban J connectivity index is 1.68. The van der Waals surface area contributed by atoms with E-state index in [1.54, 1.807) is 36.4 Å². The molecule has 0 aliphatic carbocycles. The number of carbonyl (C=O) groups excluding carboxylic acids is 2. The van der Waals surface area contributed by atoms with Gasteiger partial charge in [0.25, 0.3) is 11.8 Å². The van der Waals surface area contributed by atoms with Crippen molar-refractivity contribution in [3.8, 4) is 0 Å². The minimum absolute atomic E-state index is 0.0921. The third-order valence-corrected chi connectivity index (χ3v) is 5.50. The van der Waals surface area contributed by atoms with Gasteiger partial charge in [0, 0.05) is 11.6 Å². The second-order valence-electron chi connectivity index (χ2n) is 8.07. The van der Waals surface area contributed by atoms with Gasteiger partial charge in [-0.3, -0.25) is 9.59 Å². The first kappa shape index (κ1) is 22.8. The van der Waals surface area contributed by atoms with Gasteiger partial charge in [-0.25, -0.2) is 0 Å². The van der Waals surface area contributed by atoms with Gasteiger partial charge in [-0.05, 0) is 54.8 Å². The minimum atomic E-state index is -0.422. The number of rotatable bonds is 7. The Morgan fingerprint density at radius 2 is 1.56 bits per heavy atom. The zero-order chi connectivity index (χ0) is 23.9. The van der Waals surface area contributed by atoms with Crippen LogP contribution in [0.5, 0.6) is 0 Å². The average Bonchev–Trinajstić information content (AvgIpc) is 3.37. The van der Waals surface area contributed by atoms with Gasteiger partial charge in [0.1, 0.15) is 11.5 Å². The molecule has 4 rings (SSSR count). The molecule has 0 aliphatic heterocycles. The van der Waals surface area contributed by atoms with Crippen molar-refractivity contribution < 1.29 is 14.0 Å². The van der Waals surface area contributed by atoms with Crippen LogP contribution in [-0.2, 0) is 4.79 Å². The summed E-state index contributed by atoms with van der Waals surface area (Å²) in [7, 11) is 0. The van der Waals surface area contributed by atoms with E-state index in [2.05, 4.69) is 16.7 Å². The molecular formula is C29H26N2O3. The molecule has 1 heterocycles. The molecule has 0 unspecified atom stereocenters. The van der Waals surface area contributed by atoms with E-state index >= 15 is 0 Å². The van der Waals surface area contributed by atoms with Crippen molar-refractivity contribution in [1.29, 1.82) is 0 Å². The SMILES string of the molecule is Cc1ccc([C@@H](NC(=O)/C(=C/c2ccco2)NC(=O)c2ccccc2)c2ccccc2)c(C)c1. The highest BCUT2D eigenvalue weighted by atomic mass is 16.3. The standard InChI is InChI=1S/C29H26N2O3/c1-20-15-16-25(21(2)18-20)27(22-10-5-3-6-11-22)31-29(33)26(19-24-14-9-17-34-24)30-28(32)23-12-7-4-8-13-23/h3-19,27H,1-2H3,(H,30,32)(H,31,33)/b26-19-/t27-/m0/s1. The number of hydrogen-bond donors (Lipinski definition) is 2. The van der Waals surface area contributed by atoms with Crippen LogP contribution in [0, 0.1) is 13.8 Å². The average molecular weight is 451 g/mol. The molecule has 3 aromatic carbocycles. The highest BCUT2D eigenvalue weighted by molar-refractivity contribution is 6.05. The molecule has 0 spiro atoms. The zero-order valence-electron chi connectivity index (χ0n) is 19.1. The molecule has 0 aliphatic rings. The predicted octanol–water partition coefficient (Wildman–Crippen LogP) is 5.57. The first-order valence-electron chi connectivity index (χ1n) is 11.1. The van der Waals surface area contributed by atoms with Crippen LogP contribution in [0.1, 0.15) is 44.4 Å². The third-order valence-electron chi connectivity index (χ3n) is 5.50. The summed E-state index contributed by atoms with van der Waals surface area (Å²) in [5.41, 5.74) is 4.68. The van der Waals surface area contributed by atoms with E-state index in [-0.39, 0.29) is 11.6 Å². The number of furan rings is 1. The second kappa shape index (κ2) is 10.5. The van der Waals surface area contributed by atoms with Crippen LogP contribution in [0.15, 0.2) is 107 Å². The van der Waals surface area contributed by atoms with Gasteiger partial charge in [0.2, 0.25) is 0 Å². The summed E-state index contributed by atoms with van der Waals surface area (Å²) in [5.74, 6) is -0.341. The Labute approximate surface area is 199 Å². The van der Waals surface area contributed by atoms with Crippen molar-refractivity contribution in [3.05, 3.63) is 137 Å². The van der Waals surface area contributed by atoms with Gasteiger partial charge in [0.05, 0.1) is 12.3 Å². The molecule has 0 saturated heterocycles. The number of nitrogens with one attached hydrogen (secondary N) is 2. The minimum Gasteiger partial charge on any atom is -0.465 e. The van der Waals surface area contributed by atoms with Gasteiger partial charge in [-0.1, -0.05) is 72.3 Å². The maximum Gasteiger partial charge on any atom is 0.268 e. The molecule has 4 aromatic rings. The lowest BCUT2D eigenvalue weighted by molar-refractivity contribution is -0.118. The molecule has 34 heavy (non-hydrogen) atoms. The Hall–Kier alpha value is -4.38. The van der Waals surface area contributed by atoms with Crippen LogP contribution in [0.2, 0.25) is 0 Å². The van der Waals surface area contributed by atoms with Crippen molar-refractivity contribution in [1.82, 2.24) is 10.6 Å². The molecule has 5 nitrogen and oxygen atoms in total. The summed E-state index contributed by atoms with van der Waals surface area (Å²) in [4.78, 5) is 26.4. The summed E-state index contributed by atoms with van der Waals surface area (Å²) >= 11 is 0. The smallest absolute Gasteiger partial charge is 0.268 e. The van der Waals surface area contributed by atoms with E-state index in [1.807, 2.05) is 62.4 Å². The quantitative estimate of drug-likeness (QED) is 0.362. The fourth-order valence-electron chi connectivity index (χ4n) is 3.80. The number of amides is 2. The third kappa shape index (κ3) is 5.51. The van der Waals surface area contributed by atoms with E-state index < -0.39 is 11.9 Å². The van der Waals surface area contributed by atoms with Gasteiger partial charge in [-0.2, -0.15) is 0 Å². The maximum atomic E-state index is 13.5. The summed E-state index contributed by atoms with van der Waals surface area (Å²) in [6.45, 7) is 4.07. The molecule has 0 bridgehead atoms. The Bertz CT molecular complexity index is 1290. The first-order chi connectivity index (χ1) is 16.5. The molecule has 1 aromatic heterocycles. The normalized spacial score (nSPS) is 12.1. The summed E-state index contributed by atoms with van der Waals surface area (Å²) in [5, 5.41) is 5.87. The van der Waals surface area contributed by atoms with Crippen molar-refractivity contribution in [2.75, 3.05) is 0 Å². The van der Waals surface area contributed by atoms with Crippen molar-refractivity contribution in [2.45, 2.75) is 19.9 Å². The lowest BCUT2D eigenvalue weighted by Crippen LogP contribution is -2.37. The molecule has 5 heteroatoms. The number of benzene rings is 3. The molecule has 2 amide bonds. The molecule has 0 fully saturated rings.